The number of para-hydroxylation sites is 2. The van der Waals surface area contributed by atoms with Gasteiger partial charge in [0.2, 0.25) is 0 Å². The molecule has 1 aromatic heterocycles. The number of aryl methyl sites for hydroxylation is 1. The van der Waals surface area contributed by atoms with Gasteiger partial charge in [-0.2, -0.15) is 9.97 Å². The molecule has 13 heteroatoms. The molecule has 0 saturated carbocycles. The van der Waals surface area contributed by atoms with Crippen LogP contribution in [0.5, 0.6) is 6.01 Å². The maximum absolute atomic E-state index is 13.6. The number of hydrogen-bond donors (Lipinski definition) is 3. The molecule has 0 radical (unpaired) electrons. The van der Waals surface area contributed by atoms with Crippen LogP contribution in [0.2, 0.25) is 0 Å². The number of nitrogens with two attached hydrogens (primary N) is 1. The fraction of sp³-hybridized carbons (Fsp3) is 0.133. The third-order valence-electron chi connectivity index (χ3n) is 6.14. The number of esters is 1. The summed E-state index contributed by atoms with van der Waals surface area (Å²) < 4.78 is 18.3. The van der Waals surface area contributed by atoms with E-state index in [4.69, 9.17) is 15.4 Å². The Labute approximate surface area is 246 Å². The SMILES string of the molecule is C=Nc1ccccc1N(N)Oc1nc(C(=O)NCc2ccc(C(=O)OC)cc2)cc(C(=O)NCc2ccc(F)c(C)c2)n1. The zero-order chi connectivity index (χ0) is 30.9. The summed E-state index contributed by atoms with van der Waals surface area (Å²) in [6.07, 6.45) is 0. The van der Waals surface area contributed by atoms with Crippen LogP contribution in [-0.4, -0.2) is 41.6 Å². The number of benzene rings is 3. The Balaban J connectivity index is 1.56. The maximum Gasteiger partial charge on any atom is 0.346 e. The number of ether oxygens (including phenoxy) is 1. The topological polar surface area (TPSA) is 161 Å². The number of nitrogens with zero attached hydrogens (tertiary/aromatic N) is 4. The summed E-state index contributed by atoms with van der Waals surface area (Å²) in [6.45, 7) is 5.29. The van der Waals surface area contributed by atoms with Crippen molar-refractivity contribution in [1.29, 1.82) is 0 Å². The van der Waals surface area contributed by atoms with E-state index in [2.05, 4.69) is 32.3 Å². The molecule has 0 bridgehead atoms. The number of aromatic nitrogens is 2. The van der Waals surface area contributed by atoms with Crippen LogP contribution in [-0.2, 0) is 17.8 Å². The van der Waals surface area contributed by atoms with Gasteiger partial charge in [0.05, 0.1) is 18.4 Å². The van der Waals surface area contributed by atoms with Gasteiger partial charge in [-0.1, -0.05) is 36.4 Å². The van der Waals surface area contributed by atoms with Crippen molar-refractivity contribution >= 4 is 35.9 Å². The monoisotopic (exact) mass is 585 g/mol. The van der Waals surface area contributed by atoms with Gasteiger partial charge < -0.3 is 20.2 Å². The van der Waals surface area contributed by atoms with Gasteiger partial charge in [0, 0.05) is 19.2 Å². The summed E-state index contributed by atoms with van der Waals surface area (Å²) in [7, 11) is 1.29. The summed E-state index contributed by atoms with van der Waals surface area (Å²) in [5, 5.41) is 6.24. The predicted octanol–water partition coefficient (Wildman–Crippen LogP) is 3.58. The van der Waals surface area contributed by atoms with E-state index in [9.17, 15) is 18.8 Å². The van der Waals surface area contributed by atoms with Crippen molar-refractivity contribution in [3.05, 3.63) is 112 Å². The molecule has 3 aromatic carbocycles. The van der Waals surface area contributed by atoms with Gasteiger partial charge in [0.25, 0.3) is 11.8 Å². The minimum atomic E-state index is -0.640. The van der Waals surface area contributed by atoms with Crippen molar-refractivity contribution in [2.24, 2.45) is 10.8 Å². The highest BCUT2D eigenvalue weighted by Crippen LogP contribution is 2.26. The van der Waals surface area contributed by atoms with Gasteiger partial charge in [-0.25, -0.2) is 15.0 Å². The molecule has 43 heavy (non-hydrogen) atoms. The first-order chi connectivity index (χ1) is 20.7. The molecule has 0 saturated heterocycles. The molecule has 0 atom stereocenters. The second kappa shape index (κ2) is 13.8. The average molecular weight is 586 g/mol. The molecule has 0 aliphatic heterocycles. The van der Waals surface area contributed by atoms with E-state index in [1.54, 1.807) is 67.6 Å². The van der Waals surface area contributed by atoms with Crippen molar-refractivity contribution in [2.45, 2.75) is 20.0 Å². The molecule has 2 amide bonds. The van der Waals surface area contributed by atoms with Crippen molar-refractivity contribution in [1.82, 2.24) is 20.6 Å². The van der Waals surface area contributed by atoms with Crippen LogP contribution in [0.3, 0.4) is 0 Å². The molecular weight excluding hydrogens is 557 g/mol. The average Bonchev–Trinajstić information content (AvgIpc) is 3.03. The standard InChI is InChI=1S/C30H28FN7O5/c1-18-14-20(10-13-22(18)31)17-35-28(40)25-15-24(27(39)34-16-19-8-11-21(12-9-19)29(41)42-3)36-30(37-25)43-38(32)26-7-5-4-6-23(26)33-2/h4-15H,2,16-17,32H2,1,3H3,(H,34,39)(H,35,40). The number of carbonyl (C=O) groups is 3. The van der Waals surface area contributed by atoms with E-state index >= 15 is 0 Å². The number of hydrogen-bond acceptors (Lipinski definition) is 10. The molecule has 12 nitrogen and oxygen atoms in total. The quantitative estimate of drug-likeness (QED) is 0.103. The molecule has 4 aromatic rings. The van der Waals surface area contributed by atoms with Crippen LogP contribution in [0.15, 0.2) is 77.8 Å². The number of halogens is 1. The molecule has 4 N–H and O–H groups in total. The second-order valence-corrected chi connectivity index (χ2v) is 9.12. The second-order valence-electron chi connectivity index (χ2n) is 9.12. The number of amides is 2. The smallest absolute Gasteiger partial charge is 0.346 e. The number of rotatable bonds is 11. The minimum Gasteiger partial charge on any atom is -0.465 e. The number of hydrazine groups is 1. The van der Waals surface area contributed by atoms with Gasteiger partial charge in [0.1, 0.15) is 22.9 Å². The Morgan fingerprint density at radius 1 is 0.930 bits per heavy atom. The largest absolute Gasteiger partial charge is 0.465 e. The van der Waals surface area contributed by atoms with Crippen molar-refractivity contribution < 1.29 is 28.3 Å². The molecule has 0 fully saturated rings. The molecule has 4 rings (SSSR count). The van der Waals surface area contributed by atoms with Gasteiger partial charge in [-0.15, -0.1) is 5.17 Å². The van der Waals surface area contributed by atoms with E-state index in [1.807, 2.05) is 0 Å². The van der Waals surface area contributed by atoms with E-state index in [-0.39, 0.29) is 36.3 Å². The van der Waals surface area contributed by atoms with E-state index < -0.39 is 17.8 Å². The summed E-state index contributed by atoms with van der Waals surface area (Å²) in [4.78, 5) is 55.6. The molecule has 0 unspecified atom stereocenters. The van der Waals surface area contributed by atoms with Gasteiger partial charge in [-0.05, 0) is 60.7 Å². The van der Waals surface area contributed by atoms with E-state index in [0.29, 0.717) is 33.6 Å². The highest BCUT2D eigenvalue weighted by molar-refractivity contribution is 5.97. The molecule has 0 spiro atoms. The number of aliphatic imine (C=N–C) groups is 1. The Hall–Kier alpha value is -5.69. The third kappa shape index (κ3) is 7.74. The molecule has 220 valence electrons. The number of carbonyl (C=O) groups excluding carboxylic acids is 3. The number of anilines is 1. The van der Waals surface area contributed by atoms with Crippen LogP contribution in [0.4, 0.5) is 15.8 Å². The van der Waals surface area contributed by atoms with Crippen LogP contribution >= 0.6 is 0 Å². The summed E-state index contributed by atoms with van der Waals surface area (Å²) in [6, 6.07) is 18.4. The number of nitrogens with one attached hydrogen (secondary N) is 2. The highest BCUT2D eigenvalue weighted by Gasteiger charge is 2.19. The van der Waals surface area contributed by atoms with Crippen molar-refractivity contribution in [3.63, 3.8) is 0 Å². The van der Waals surface area contributed by atoms with Crippen molar-refractivity contribution in [3.8, 4) is 6.01 Å². The van der Waals surface area contributed by atoms with Gasteiger partial charge >= 0.3 is 12.0 Å². The van der Waals surface area contributed by atoms with Crippen molar-refractivity contribution in [2.75, 3.05) is 12.3 Å². The Morgan fingerprint density at radius 3 is 2.14 bits per heavy atom. The zero-order valence-electron chi connectivity index (χ0n) is 23.3. The Bertz CT molecular complexity index is 1660. The number of methoxy groups -OCH3 is 1. The first kappa shape index (κ1) is 30.3. The normalized spacial score (nSPS) is 10.4. The minimum absolute atomic E-state index is 0.0740. The van der Waals surface area contributed by atoms with Crippen LogP contribution in [0, 0.1) is 12.7 Å². The third-order valence-corrected chi connectivity index (χ3v) is 6.14. The van der Waals surface area contributed by atoms with Gasteiger partial charge in [0.15, 0.2) is 0 Å². The fourth-order valence-corrected chi connectivity index (χ4v) is 3.86. The predicted molar refractivity (Wildman–Crippen MR) is 156 cm³/mol. The lowest BCUT2D eigenvalue weighted by atomic mass is 10.1. The zero-order valence-corrected chi connectivity index (χ0v) is 23.3. The van der Waals surface area contributed by atoms with Crippen LogP contribution in [0.25, 0.3) is 0 Å². The summed E-state index contributed by atoms with van der Waals surface area (Å²) >= 11 is 0. The molecular formula is C30H28FN7O5. The maximum atomic E-state index is 13.6. The molecule has 0 aliphatic carbocycles. The first-order valence-corrected chi connectivity index (χ1v) is 12.8. The first-order valence-electron chi connectivity index (χ1n) is 12.8. The lowest BCUT2D eigenvalue weighted by Gasteiger charge is -2.19. The highest BCUT2D eigenvalue weighted by atomic mass is 19.1. The lowest BCUT2D eigenvalue weighted by Crippen LogP contribution is -2.36. The lowest BCUT2D eigenvalue weighted by molar-refractivity contribution is 0.0600. The van der Waals surface area contributed by atoms with E-state index in [0.717, 1.165) is 5.17 Å². The summed E-state index contributed by atoms with van der Waals surface area (Å²) in [5.74, 6) is 3.96. The van der Waals surface area contributed by atoms with Crippen LogP contribution in [0.1, 0.15) is 48.0 Å². The fourth-order valence-electron chi connectivity index (χ4n) is 3.86. The molecule has 0 aliphatic rings. The molecule has 1 heterocycles. The Kier molecular flexibility index (Phi) is 9.70. The van der Waals surface area contributed by atoms with Crippen LogP contribution < -0.4 is 26.5 Å². The van der Waals surface area contributed by atoms with E-state index in [1.165, 1.54) is 19.2 Å². The summed E-state index contributed by atoms with van der Waals surface area (Å²) in [5.41, 5.74) is 2.52. The van der Waals surface area contributed by atoms with Gasteiger partial charge in [-0.3, -0.25) is 14.6 Å². The Morgan fingerprint density at radius 2 is 1.53 bits per heavy atom.